The van der Waals surface area contributed by atoms with Crippen molar-refractivity contribution < 1.29 is 14.4 Å². The van der Waals surface area contributed by atoms with Gasteiger partial charge in [-0.25, -0.2) is 4.90 Å². The molecule has 2 aromatic carbocycles. The molecule has 2 aromatic rings. The second-order valence-electron chi connectivity index (χ2n) is 5.82. The summed E-state index contributed by atoms with van der Waals surface area (Å²) in [4.78, 5) is 38.0. The van der Waals surface area contributed by atoms with Crippen molar-refractivity contribution in [3.05, 3.63) is 60.2 Å². The summed E-state index contributed by atoms with van der Waals surface area (Å²) in [6.07, 6.45) is 0.121. The van der Waals surface area contributed by atoms with Crippen molar-refractivity contribution in [3.8, 4) is 0 Å². The van der Waals surface area contributed by atoms with E-state index in [2.05, 4.69) is 5.32 Å². The highest BCUT2D eigenvalue weighted by atomic mass is 32.2. The maximum absolute atomic E-state index is 12.5. The van der Waals surface area contributed by atoms with E-state index in [4.69, 9.17) is 0 Å². The van der Waals surface area contributed by atoms with Crippen LogP contribution in [0, 0.1) is 6.92 Å². The molecule has 3 rings (SSSR count). The molecule has 0 aliphatic carbocycles. The largest absolute Gasteiger partial charge is 0.325 e. The molecule has 0 spiro atoms. The van der Waals surface area contributed by atoms with E-state index in [1.807, 2.05) is 37.3 Å². The van der Waals surface area contributed by atoms with Gasteiger partial charge >= 0.3 is 0 Å². The Morgan fingerprint density at radius 1 is 1.12 bits per heavy atom. The fourth-order valence-electron chi connectivity index (χ4n) is 2.59. The molecule has 0 saturated carbocycles. The van der Waals surface area contributed by atoms with Crippen molar-refractivity contribution in [2.24, 2.45) is 0 Å². The number of aryl methyl sites for hydroxylation is 1. The van der Waals surface area contributed by atoms with Crippen LogP contribution in [0.4, 0.5) is 11.4 Å². The lowest BCUT2D eigenvalue weighted by atomic mass is 10.2. The molecule has 1 aliphatic rings. The van der Waals surface area contributed by atoms with Gasteiger partial charge in [-0.3, -0.25) is 14.4 Å². The first kappa shape index (κ1) is 17.2. The summed E-state index contributed by atoms with van der Waals surface area (Å²) in [7, 11) is 0. The van der Waals surface area contributed by atoms with Crippen LogP contribution in [-0.4, -0.2) is 28.7 Å². The molecular weight excluding hydrogens is 336 g/mol. The lowest BCUT2D eigenvalue weighted by Crippen LogP contribution is -2.31. The molecule has 6 heteroatoms. The van der Waals surface area contributed by atoms with Gasteiger partial charge in [0.1, 0.15) is 0 Å². The summed E-state index contributed by atoms with van der Waals surface area (Å²) in [5, 5.41) is 2.25. The second kappa shape index (κ2) is 7.53. The van der Waals surface area contributed by atoms with Crippen molar-refractivity contribution >= 4 is 40.9 Å². The van der Waals surface area contributed by atoms with E-state index >= 15 is 0 Å². The second-order valence-corrected chi connectivity index (χ2v) is 7.01. The number of rotatable bonds is 5. The number of hydrogen-bond donors (Lipinski definition) is 1. The van der Waals surface area contributed by atoms with Crippen LogP contribution in [0.25, 0.3) is 0 Å². The van der Waals surface area contributed by atoms with Gasteiger partial charge in [-0.2, -0.15) is 0 Å². The third-order valence-corrected chi connectivity index (χ3v) is 5.07. The van der Waals surface area contributed by atoms with Crippen LogP contribution in [0.5, 0.6) is 0 Å². The zero-order valence-electron chi connectivity index (χ0n) is 13.8. The third-order valence-electron chi connectivity index (χ3n) is 3.87. The summed E-state index contributed by atoms with van der Waals surface area (Å²) in [5.74, 6) is -0.549. The average molecular weight is 354 g/mol. The number of hydrogen-bond acceptors (Lipinski definition) is 4. The van der Waals surface area contributed by atoms with Crippen LogP contribution in [-0.2, 0) is 14.4 Å². The smallest absolute Gasteiger partial charge is 0.247 e. The third kappa shape index (κ3) is 4.09. The van der Waals surface area contributed by atoms with Gasteiger partial charge in [0.2, 0.25) is 17.7 Å². The molecule has 0 aromatic heterocycles. The maximum Gasteiger partial charge on any atom is 0.247 e. The van der Waals surface area contributed by atoms with E-state index in [0.29, 0.717) is 11.4 Å². The Kier molecular flexibility index (Phi) is 5.19. The van der Waals surface area contributed by atoms with Crippen molar-refractivity contribution in [1.29, 1.82) is 0 Å². The molecule has 5 nitrogen and oxygen atoms in total. The van der Waals surface area contributed by atoms with Gasteiger partial charge in [0.15, 0.2) is 0 Å². The standard InChI is InChI=1S/C19H18N2O3S/c1-13-7-9-15(10-8-13)21-18(23)11-16(19(21)24)25-12-17(22)20-14-5-3-2-4-6-14/h2-10,16H,11-12H2,1H3,(H,20,22)/t16-/m0/s1. The molecule has 1 aliphatic heterocycles. The monoisotopic (exact) mass is 354 g/mol. The molecule has 1 heterocycles. The van der Waals surface area contributed by atoms with Gasteiger partial charge in [-0.1, -0.05) is 35.9 Å². The van der Waals surface area contributed by atoms with Gasteiger partial charge in [-0.05, 0) is 31.2 Å². The number of anilines is 2. The lowest BCUT2D eigenvalue weighted by molar-refractivity contribution is -0.121. The minimum atomic E-state index is -0.518. The molecule has 1 fully saturated rings. The summed E-state index contributed by atoms with van der Waals surface area (Å²) in [6, 6.07) is 16.4. The molecule has 1 N–H and O–H groups in total. The van der Waals surface area contributed by atoms with Gasteiger partial charge in [0, 0.05) is 12.1 Å². The number of thioether (sulfide) groups is 1. The van der Waals surface area contributed by atoms with E-state index in [1.54, 1.807) is 24.3 Å². The Hall–Kier alpha value is -2.60. The molecular formula is C19H18N2O3S. The molecule has 25 heavy (non-hydrogen) atoms. The average Bonchev–Trinajstić information content (AvgIpc) is 2.89. The Balaban J connectivity index is 1.59. The Morgan fingerprint density at radius 3 is 2.48 bits per heavy atom. The van der Waals surface area contributed by atoms with E-state index in [1.165, 1.54) is 16.7 Å². The van der Waals surface area contributed by atoms with Crippen LogP contribution in [0.3, 0.4) is 0 Å². The summed E-state index contributed by atoms with van der Waals surface area (Å²) in [5.41, 5.74) is 2.35. The molecule has 1 saturated heterocycles. The van der Waals surface area contributed by atoms with Crippen molar-refractivity contribution in [1.82, 2.24) is 0 Å². The summed E-state index contributed by atoms with van der Waals surface area (Å²) < 4.78 is 0. The van der Waals surface area contributed by atoms with Crippen molar-refractivity contribution in [2.75, 3.05) is 16.0 Å². The number of nitrogens with one attached hydrogen (secondary N) is 1. The van der Waals surface area contributed by atoms with Gasteiger partial charge in [0.25, 0.3) is 0 Å². The first-order chi connectivity index (χ1) is 12.0. The van der Waals surface area contributed by atoms with Crippen LogP contribution in [0.2, 0.25) is 0 Å². The minimum Gasteiger partial charge on any atom is -0.325 e. The minimum absolute atomic E-state index is 0.121. The predicted molar refractivity (Wildman–Crippen MR) is 99.6 cm³/mol. The normalized spacial score (nSPS) is 17.0. The summed E-state index contributed by atoms with van der Waals surface area (Å²) in [6.45, 7) is 1.95. The highest BCUT2D eigenvalue weighted by Crippen LogP contribution is 2.29. The number of amides is 3. The summed E-state index contributed by atoms with van der Waals surface area (Å²) >= 11 is 1.20. The highest BCUT2D eigenvalue weighted by molar-refractivity contribution is 8.01. The van der Waals surface area contributed by atoms with Gasteiger partial charge < -0.3 is 5.32 Å². The zero-order valence-corrected chi connectivity index (χ0v) is 14.6. The number of nitrogens with zero attached hydrogens (tertiary/aromatic N) is 1. The molecule has 0 bridgehead atoms. The Morgan fingerprint density at radius 2 is 1.80 bits per heavy atom. The van der Waals surface area contributed by atoms with E-state index in [9.17, 15) is 14.4 Å². The Bertz CT molecular complexity index is 790. The molecule has 0 unspecified atom stereocenters. The molecule has 128 valence electrons. The quantitative estimate of drug-likeness (QED) is 0.838. The predicted octanol–water partition coefficient (Wildman–Crippen LogP) is 3.00. The number of carbonyl (C=O) groups is 3. The first-order valence-electron chi connectivity index (χ1n) is 7.94. The van der Waals surface area contributed by atoms with Gasteiger partial charge in [-0.15, -0.1) is 11.8 Å². The first-order valence-corrected chi connectivity index (χ1v) is 8.99. The number of imide groups is 1. The van der Waals surface area contributed by atoms with Crippen molar-refractivity contribution in [3.63, 3.8) is 0 Å². The molecule has 0 radical (unpaired) electrons. The SMILES string of the molecule is Cc1ccc(N2C(=O)C[C@H](SCC(=O)Nc3ccccc3)C2=O)cc1. The van der Waals surface area contributed by atoms with Crippen LogP contribution in [0.1, 0.15) is 12.0 Å². The lowest BCUT2D eigenvalue weighted by Gasteiger charge is -2.15. The fraction of sp³-hybridized carbons (Fsp3) is 0.211. The maximum atomic E-state index is 12.5. The fourth-order valence-corrected chi connectivity index (χ4v) is 3.53. The Labute approximate surface area is 150 Å². The highest BCUT2D eigenvalue weighted by Gasteiger charge is 2.39. The van der Waals surface area contributed by atoms with E-state index < -0.39 is 5.25 Å². The number of carbonyl (C=O) groups excluding carboxylic acids is 3. The topological polar surface area (TPSA) is 66.5 Å². The van der Waals surface area contributed by atoms with E-state index in [0.717, 1.165) is 5.56 Å². The zero-order chi connectivity index (χ0) is 17.8. The van der Waals surface area contributed by atoms with Crippen LogP contribution >= 0.6 is 11.8 Å². The van der Waals surface area contributed by atoms with E-state index in [-0.39, 0.29) is 29.9 Å². The molecule has 1 atom stereocenters. The van der Waals surface area contributed by atoms with Crippen LogP contribution in [0.15, 0.2) is 54.6 Å². The van der Waals surface area contributed by atoms with Crippen molar-refractivity contribution in [2.45, 2.75) is 18.6 Å². The van der Waals surface area contributed by atoms with Crippen LogP contribution < -0.4 is 10.2 Å². The molecule has 3 amide bonds. The number of benzene rings is 2. The van der Waals surface area contributed by atoms with Gasteiger partial charge in [0.05, 0.1) is 16.7 Å². The number of para-hydroxylation sites is 1.